The summed E-state index contributed by atoms with van der Waals surface area (Å²) in [5.74, 6) is -0.225. The highest BCUT2D eigenvalue weighted by atomic mass is 32.1. The third kappa shape index (κ3) is 1.57. The van der Waals surface area contributed by atoms with Crippen molar-refractivity contribution in [2.75, 3.05) is 7.11 Å². The maximum absolute atomic E-state index is 10.9. The molecule has 0 spiro atoms. The Morgan fingerprint density at radius 1 is 1.91 bits per heavy atom. The van der Waals surface area contributed by atoms with Crippen LogP contribution in [-0.2, 0) is 9.53 Å². The predicted octanol–water partition coefficient (Wildman–Crippen LogP) is 0.176. The van der Waals surface area contributed by atoms with E-state index in [0.717, 1.165) is 0 Å². The average Bonchev–Trinajstić information content (AvgIpc) is 2.61. The summed E-state index contributed by atoms with van der Waals surface area (Å²) in [4.78, 5) is 10.9. The molecule has 4 heteroatoms. The largest absolute Gasteiger partial charge is 0.468 e. The molecule has 0 heterocycles. The number of carbonyl (C=O) groups is 1. The third-order valence-corrected chi connectivity index (χ3v) is 1.91. The SMILES string of the molecule is C=C[C@H]1C[C@]1(N)C(=O)OC.S. The fourth-order valence-corrected chi connectivity index (χ4v) is 1.02. The van der Waals surface area contributed by atoms with E-state index in [1.165, 1.54) is 7.11 Å². The number of methoxy groups -OCH3 is 1. The molecule has 64 valence electrons. The lowest BCUT2D eigenvalue weighted by Gasteiger charge is -2.05. The average molecular weight is 175 g/mol. The Morgan fingerprint density at radius 3 is 2.73 bits per heavy atom. The van der Waals surface area contributed by atoms with Crippen molar-refractivity contribution in [2.45, 2.75) is 12.0 Å². The second kappa shape index (κ2) is 3.28. The Hall–Kier alpha value is -0.480. The van der Waals surface area contributed by atoms with Crippen LogP contribution in [0, 0.1) is 5.92 Å². The van der Waals surface area contributed by atoms with Gasteiger partial charge in [0.2, 0.25) is 0 Å². The molecule has 0 bridgehead atoms. The quantitative estimate of drug-likeness (QED) is 0.481. The van der Waals surface area contributed by atoms with Crippen LogP contribution in [0.4, 0.5) is 0 Å². The molecule has 1 fully saturated rings. The zero-order valence-corrected chi connectivity index (χ0v) is 7.46. The van der Waals surface area contributed by atoms with Crippen molar-refractivity contribution in [3.05, 3.63) is 12.7 Å². The van der Waals surface area contributed by atoms with Gasteiger partial charge in [-0.1, -0.05) is 6.08 Å². The Balaban J connectivity index is 0.000001000. The molecule has 0 amide bonds. The lowest BCUT2D eigenvalue weighted by atomic mass is 10.2. The number of rotatable bonds is 2. The van der Waals surface area contributed by atoms with E-state index in [9.17, 15) is 4.79 Å². The summed E-state index contributed by atoms with van der Waals surface area (Å²) in [6, 6.07) is 0. The maximum atomic E-state index is 10.9. The van der Waals surface area contributed by atoms with E-state index in [1.54, 1.807) is 6.08 Å². The molecule has 0 aromatic heterocycles. The molecule has 0 aliphatic heterocycles. The van der Waals surface area contributed by atoms with Crippen molar-refractivity contribution in [3.8, 4) is 0 Å². The van der Waals surface area contributed by atoms with Gasteiger partial charge in [-0.3, -0.25) is 4.79 Å². The van der Waals surface area contributed by atoms with Crippen molar-refractivity contribution in [3.63, 3.8) is 0 Å². The van der Waals surface area contributed by atoms with E-state index in [2.05, 4.69) is 11.3 Å². The minimum atomic E-state index is -0.753. The molecule has 1 aliphatic rings. The summed E-state index contributed by atoms with van der Waals surface area (Å²) in [6.45, 7) is 3.55. The summed E-state index contributed by atoms with van der Waals surface area (Å²) in [7, 11) is 1.34. The van der Waals surface area contributed by atoms with E-state index >= 15 is 0 Å². The van der Waals surface area contributed by atoms with E-state index in [0.29, 0.717) is 6.42 Å². The number of carbonyl (C=O) groups excluding carboxylic acids is 1. The van der Waals surface area contributed by atoms with Gasteiger partial charge < -0.3 is 10.5 Å². The predicted molar refractivity (Wildman–Crippen MR) is 47.6 cm³/mol. The second-order valence-corrected chi connectivity index (χ2v) is 2.58. The van der Waals surface area contributed by atoms with Gasteiger partial charge in [0.15, 0.2) is 0 Å². The van der Waals surface area contributed by atoms with E-state index in [-0.39, 0.29) is 25.4 Å². The lowest BCUT2D eigenvalue weighted by molar-refractivity contribution is -0.143. The molecule has 2 N–H and O–H groups in total. The molecule has 2 atom stereocenters. The van der Waals surface area contributed by atoms with Gasteiger partial charge >= 0.3 is 5.97 Å². The first-order valence-electron chi connectivity index (χ1n) is 3.15. The molecule has 1 aliphatic carbocycles. The molecule has 1 saturated carbocycles. The van der Waals surface area contributed by atoms with E-state index in [4.69, 9.17) is 5.73 Å². The van der Waals surface area contributed by atoms with Gasteiger partial charge in [0.1, 0.15) is 5.54 Å². The number of hydrogen-bond donors (Lipinski definition) is 1. The van der Waals surface area contributed by atoms with Crippen LogP contribution in [0.5, 0.6) is 0 Å². The molecule has 0 aromatic carbocycles. The summed E-state index contributed by atoms with van der Waals surface area (Å²) in [5, 5.41) is 0. The Morgan fingerprint density at radius 2 is 2.45 bits per heavy atom. The highest BCUT2D eigenvalue weighted by Gasteiger charge is 2.56. The normalized spacial score (nSPS) is 33.5. The summed E-state index contributed by atoms with van der Waals surface area (Å²) in [6.07, 6.45) is 2.36. The zero-order valence-electron chi connectivity index (χ0n) is 6.46. The highest BCUT2D eigenvalue weighted by Crippen LogP contribution is 2.42. The first kappa shape index (κ1) is 10.5. The summed E-state index contributed by atoms with van der Waals surface area (Å²) >= 11 is 0. The van der Waals surface area contributed by atoms with Crippen molar-refractivity contribution in [1.29, 1.82) is 0 Å². The number of ether oxygens (including phenoxy) is 1. The van der Waals surface area contributed by atoms with E-state index < -0.39 is 5.54 Å². The summed E-state index contributed by atoms with van der Waals surface area (Å²) in [5.41, 5.74) is 4.86. The van der Waals surface area contributed by atoms with Gasteiger partial charge in [-0.05, 0) is 6.42 Å². The van der Waals surface area contributed by atoms with Gasteiger partial charge in [-0.15, -0.1) is 6.58 Å². The Bertz CT molecular complexity index is 183. The Kier molecular flexibility index (Phi) is 3.13. The fraction of sp³-hybridized carbons (Fsp3) is 0.571. The first-order valence-corrected chi connectivity index (χ1v) is 3.15. The third-order valence-electron chi connectivity index (χ3n) is 1.91. The zero-order chi connectivity index (χ0) is 7.78. The standard InChI is InChI=1S/C7H11NO2.H2S/c1-3-5-4-7(5,8)6(9)10-2;/h3,5H,1,4,8H2,2H3;1H2/t5-,7+;/m0./s1. The molecule has 3 nitrogen and oxygen atoms in total. The van der Waals surface area contributed by atoms with Crippen LogP contribution >= 0.6 is 13.5 Å². The first-order chi connectivity index (χ1) is 4.65. The Labute approximate surface area is 73.0 Å². The van der Waals surface area contributed by atoms with Crippen LogP contribution in [0.25, 0.3) is 0 Å². The topological polar surface area (TPSA) is 52.3 Å². The molecular formula is C7H13NO2S. The van der Waals surface area contributed by atoms with Crippen molar-refractivity contribution >= 4 is 19.5 Å². The van der Waals surface area contributed by atoms with E-state index in [1.807, 2.05) is 0 Å². The molecule has 0 aromatic rings. The highest BCUT2D eigenvalue weighted by molar-refractivity contribution is 7.59. The van der Waals surface area contributed by atoms with Crippen LogP contribution < -0.4 is 5.73 Å². The van der Waals surface area contributed by atoms with Crippen LogP contribution in [0.15, 0.2) is 12.7 Å². The minimum Gasteiger partial charge on any atom is -0.468 e. The van der Waals surface area contributed by atoms with Crippen LogP contribution in [-0.4, -0.2) is 18.6 Å². The van der Waals surface area contributed by atoms with Gasteiger partial charge in [-0.25, -0.2) is 0 Å². The minimum absolute atomic E-state index is 0. The molecule has 0 radical (unpaired) electrons. The van der Waals surface area contributed by atoms with Gasteiger partial charge in [0, 0.05) is 5.92 Å². The molecule has 0 unspecified atom stereocenters. The number of nitrogens with two attached hydrogens (primary N) is 1. The summed E-state index contributed by atoms with van der Waals surface area (Å²) < 4.78 is 4.50. The van der Waals surface area contributed by atoms with Crippen molar-refractivity contribution in [2.24, 2.45) is 11.7 Å². The van der Waals surface area contributed by atoms with Crippen molar-refractivity contribution < 1.29 is 9.53 Å². The van der Waals surface area contributed by atoms with Crippen LogP contribution in [0.3, 0.4) is 0 Å². The van der Waals surface area contributed by atoms with Gasteiger partial charge in [-0.2, -0.15) is 13.5 Å². The monoisotopic (exact) mass is 175 g/mol. The number of hydrogen-bond acceptors (Lipinski definition) is 3. The van der Waals surface area contributed by atoms with Crippen LogP contribution in [0.2, 0.25) is 0 Å². The molecule has 11 heavy (non-hydrogen) atoms. The van der Waals surface area contributed by atoms with Crippen molar-refractivity contribution in [1.82, 2.24) is 0 Å². The smallest absolute Gasteiger partial charge is 0.326 e. The fourth-order valence-electron chi connectivity index (χ4n) is 1.02. The maximum Gasteiger partial charge on any atom is 0.326 e. The van der Waals surface area contributed by atoms with Crippen LogP contribution in [0.1, 0.15) is 6.42 Å². The van der Waals surface area contributed by atoms with Gasteiger partial charge in [0.05, 0.1) is 7.11 Å². The molecule has 0 saturated heterocycles. The van der Waals surface area contributed by atoms with Gasteiger partial charge in [0.25, 0.3) is 0 Å². The lowest BCUT2D eigenvalue weighted by Crippen LogP contribution is -2.36. The second-order valence-electron chi connectivity index (χ2n) is 2.58. The molecular weight excluding hydrogens is 162 g/mol. The number of esters is 1. The molecule has 1 rings (SSSR count).